The van der Waals surface area contributed by atoms with Gasteiger partial charge in [-0.3, -0.25) is 0 Å². The first-order valence-electron chi connectivity index (χ1n) is 6.53. The van der Waals surface area contributed by atoms with Gasteiger partial charge in [0.2, 0.25) is 0 Å². The number of aryl methyl sites for hydroxylation is 2. The molecular weight excluding hydrogens is 264 g/mol. The van der Waals surface area contributed by atoms with Gasteiger partial charge in [0.15, 0.2) is 5.03 Å². The molecule has 19 heavy (non-hydrogen) atoms. The number of aromatic nitrogens is 2. The van der Waals surface area contributed by atoms with Crippen molar-refractivity contribution in [2.45, 2.75) is 38.8 Å². The molecule has 0 saturated carbocycles. The van der Waals surface area contributed by atoms with Crippen molar-refractivity contribution in [3.05, 3.63) is 12.0 Å². The number of sulfonamides is 1. The number of nitrogens with zero attached hydrogens (tertiary/aromatic N) is 3. The Labute approximate surface area is 115 Å². The van der Waals surface area contributed by atoms with E-state index in [0.29, 0.717) is 13.1 Å². The molecule has 0 aliphatic rings. The van der Waals surface area contributed by atoms with Gasteiger partial charge in [-0.05, 0) is 25.8 Å². The SMILES string of the molecule is CCCn1cc(S(=O)(=O)N(C)CC(C)CN)nc1C. The summed E-state index contributed by atoms with van der Waals surface area (Å²) in [4.78, 5) is 4.16. The molecular formula is C12H24N4O2S. The Morgan fingerprint density at radius 3 is 2.68 bits per heavy atom. The molecule has 2 N–H and O–H groups in total. The maximum Gasteiger partial charge on any atom is 0.261 e. The van der Waals surface area contributed by atoms with Crippen LogP contribution in [0.1, 0.15) is 26.1 Å². The molecule has 1 unspecified atom stereocenters. The number of imidazole rings is 1. The molecule has 0 bridgehead atoms. The van der Waals surface area contributed by atoms with Gasteiger partial charge < -0.3 is 10.3 Å². The summed E-state index contributed by atoms with van der Waals surface area (Å²) < 4.78 is 27.9. The van der Waals surface area contributed by atoms with Gasteiger partial charge in [-0.25, -0.2) is 13.4 Å². The maximum absolute atomic E-state index is 12.4. The lowest BCUT2D eigenvalue weighted by molar-refractivity contribution is 0.403. The Kier molecular flexibility index (Phi) is 5.51. The van der Waals surface area contributed by atoms with Crippen molar-refractivity contribution in [2.75, 3.05) is 20.1 Å². The molecule has 0 radical (unpaired) electrons. The molecule has 0 spiro atoms. The van der Waals surface area contributed by atoms with E-state index in [0.717, 1.165) is 18.8 Å². The number of rotatable bonds is 7. The fraction of sp³-hybridized carbons (Fsp3) is 0.750. The van der Waals surface area contributed by atoms with E-state index in [-0.39, 0.29) is 10.9 Å². The topological polar surface area (TPSA) is 81.2 Å². The van der Waals surface area contributed by atoms with E-state index in [1.165, 1.54) is 4.31 Å². The molecule has 0 saturated heterocycles. The minimum absolute atomic E-state index is 0.116. The van der Waals surface area contributed by atoms with Gasteiger partial charge in [0, 0.05) is 26.3 Å². The third-order valence-electron chi connectivity index (χ3n) is 3.06. The largest absolute Gasteiger partial charge is 0.334 e. The van der Waals surface area contributed by atoms with Crippen molar-refractivity contribution in [3.8, 4) is 0 Å². The van der Waals surface area contributed by atoms with Gasteiger partial charge in [-0.15, -0.1) is 0 Å². The van der Waals surface area contributed by atoms with E-state index < -0.39 is 10.0 Å². The van der Waals surface area contributed by atoms with Crippen LogP contribution in [0.25, 0.3) is 0 Å². The van der Waals surface area contributed by atoms with Crippen LogP contribution in [0.15, 0.2) is 11.2 Å². The predicted octanol–water partition coefficient (Wildman–Crippen LogP) is 0.817. The van der Waals surface area contributed by atoms with E-state index in [1.807, 2.05) is 25.3 Å². The molecule has 1 aromatic heterocycles. The van der Waals surface area contributed by atoms with Gasteiger partial charge in [0.1, 0.15) is 5.82 Å². The van der Waals surface area contributed by atoms with Crippen molar-refractivity contribution >= 4 is 10.0 Å². The van der Waals surface area contributed by atoms with Gasteiger partial charge in [-0.2, -0.15) is 4.31 Å². The summed E-state index contributed by atoms with van der Waals surface area (Å²) in [5, 5.41) is 0.116. The summed E-state index contributed by atoms with van der Waals surface area (Å²) in [6.45, 7) is 7.42. The van der Waals surface area contributed by atoms with E-state index >= 15 is 0 Å². The van der Waals surface area contributed by atoms with Crippen molar-refractivity contribution < 1.29 is 8.42 Å². The lowest BCUT2D eigenvalue weighted by Gasteiger charge is -2.18. The molecule has 1 aromatic rings. The molecule has 0 fully saturated rings. The zero-order valence-electron chi connectivity index (χ0n) is 12.1. The second-order valence-corrected chi connectivity index (χ2v) is 6.94. The zero-order chi connectivity index (χ0) is 14.6. The Balaban J connectivity index is 2.96. The monoisotopic (exact) mass is 288 g/mol. The number of hydrogen-bond acceptors (Lipinski definition) is 4. The van der Waals surface area contributed by atoms with Crippen LogP contribution in [0.5, 0.6) is 0 Å². The molecule has 0 amide bonds. The molecule has 0 aromatic carbocycles. The van der Waals surface area contributed by atoms with Crippen molar-refractivity contribution in [1.29, 1.82) is 0 Å². The Bertz CT molecular complexity index is 510. The van der Waals surface area contributed by atoms with E-state index in [4.69, 9.17) is 5.73 Å². The Hall–Kier alpha value is -0.920. The molecule has 6 nitrogen and oxygen atoms in total. The molecule has 0 aliphatic carbocycles. The highest BCUT2D eigenvalue weighted by molar-refractivity contribution is 7.89. The van der Waals surface area contributed by atoms with Crippen LogP contribution in [0.3, 0.4) is 0 Å². The van der Waals surface area contributed by atoms with E-state index in [1.54, 1.807) is 13.2 Å². The van der Waals surface area contributed by atoms with Gasteiger partial charge >= 0.3 is 0 Å². The van der Waals surface area contributed by atoms with Crippen LogP contribution < -0.4 is 5.73 Å². The van der Waals surface area contributed by atoms with Crippen LogP contribution in [-0.2, 0) is 16.6 Å². The van der Waals surface area contributed by atoms with Crippen LogP contribution in [-0.4, -0.2) is 42.4 Å². The summed E-state index contributed by atoms with van der Waals surface area (Å²) >= 11 is 0. The zero-order valence-corrected chi connectivity index (χ0v) is 12.9. The molecule has 1 heterocycles. The fourth-order valence-electron chi connectivity index (χ4n) is 1.84. The maximum atomic E-state index is 12.4. The highest BCUT2D eigenvalue weighted by Gasteiger charge is 2.25. The van der Waals surface area contributed by atoms with Crippen molar-refractivity contribution in [2.24, 2.45) is 11.7 Å². The van der Waals surface area contributed by atoms with Crippen LogP contribution >= 0.6 is 0 Å². The third kappa shape index (κ3) is 3.77. The summed E-state index contributed by atoms with van der Waals surface area (Å²) in [5.41, 5.74) is 5.53. The van der Waals surface area contributed by atoms with Gasteiger partial charge in [0.25, 0.3) is 10.0 Å². The van der Waals surface area contributed by atoms with Crippen LogP contribution in [0, 0.1) is 12.8 Å². The first kappa shape index (κ1) is 16.1. The molecule has 110 valence electrons. The van der Waals surface area contributed by atoms with Gasteiger partial charge in [-0.1, -0.05) is 13.8 Å². The average molecular weight is 288 g/mol. The number of hydrogen-bond donors (Lipinski definition) is 1. The predicted molar refractivity (Wildman–Crippen MR) is 75.3 cm³/mol. The van der Waals surface area contributed by atoms with Crippen molar-refractivity contribution in [1.82, 2.24) is 13.9 Å². The molecule has 0 aliphatic heterocycles. The van der Waals surface area contributed by atoms with Gasteiger partial charge in [0.05, 0.1) is 0 Å². The van der Waals surface area contributed by atoms with Crippen LogP contribution in [0.2, 0.25) is 0 Å². The lowest BCUT2D eigenvalue weighted by Crippen LogP contribution is -2.33. The van der Waals surface area contributed by atoms with Crippen molar-refractivity contribution in [3.63, 3.8) is 0 Å². The fourth-order valence-corrected chi connectivity index (χ4v) is 3.12. The second kappa shape index (κ2) is 6.49. The normalized spacial score (nSPS) is 14.0. The first-order chi connectivity index (χ1) is 8.82. The molecule has 7 heteroatoms. The van der Waals surface area contributed by atoms with Crippen LogP contribution in [0.4, 0.5) is 0 Å². The highest BCUT2D eigenvalue weighted by Crippen LogP contribution is 2.15. The summed E-state index contributed by atoms with van der Waals surface area (Å²) in [6.07, 6.45) is 2.55. The lowest BCUT2D eigenvalue weighted by atomic mass is 10.2. The number of nitrogens with two attached hydrogens (primary N) is 1. The summed E-state index contributed by atoms with van der Waals surface area (Å²) in [7, 11) is -1.95. The second-order valence-electron chi connectivity index (χ2n) is 4.95. The Morgan fingerprint density at radius 1 is 1.53 bits per heavy atom. The standard InChI is InChI=1S/C12H24N4O2S/c1-5-6-16-9-12(14-11(16)3)19(17,18)15(4)8-10(2)7-13/h9-10H,5-8,13H2,1-4H3. The molecule has 1 rings (SSSR count). The van der Waals surface area contributed by atoms with E-state index in [9.17, 15) is 8.42 Å². The third-order valence-corrected chi connectivity index (χ3v) is 4.76. The average Bonchev–Trinajstić information content (AvgIpc) is 2.72. The first-order valence-corrected chi connectivity index (χ1v) is 7.97. The minimum Gasteiger partial charge on any atom is -0.334 e. The summed E-state index contributed by atoms with van der Waals surface area (Å²) in [5.74, 6) is 0.847. The van der Waals surface area contributed by atoms with E-state index in [2.05, 4.69) is 4.98 Å². The summed E-state index contributed by atoms with van der Waals surface area (Å²) in [6, 6.07) is 0. The smallest absolute Gasteiger partial charge is 0.261 e. The molecule has 1 atom stereocenters. The highest BCUT2D eigenvalue weighted by atomic mass is 32.2. The Morgan fingerprint density at radius 2 is 2.16 bits per heavy atom. The quantitative estimate of drug-likeness (QED) is 0.805. The minimum atomic E-state index is -3.52.